The molecule has 2 aromatic carbocycles. The van der Waals surface area contributed by atoms with E-state index in [1.807, 2.05) is 49.4 Å². The summed E-state index contributed by atoms with van der Waals surface area (Å²) in [4.78, 5) is 14.9. The fraction of sp³-hybridized carbons (Fsp3) is 0.286. The summed E-state index contributed by atoms with van der Waals surface area (Å²) in [6, 6.07) is 14.0. The van der Waals surface area contributed by atoms with Gasteiger partial charge in [0, 0.05) is 18.0 Å². The lowest BCUT2D eigenvalue weighted by molar-refractivity contribution is 0.0689. The molecule has 0 bridgehead atoms. The van der Waals surface area contributed by atoms with Crippen molar-refractivity contribution in [3.63, 3.8) is 0 Å². The van der Waals surface area contributed by atoms with Crippen molar-refractivity contribution >= 4 is 11.0 Å². The van der Waals surface area contributed by atoms with E-state index in [0.29, 0.717) is 23.9 Å². The molecule has 0 fully saturated rings. The lowest BCUT2D eigenvalue weighted by Gasteiger charge is -2.32. The molecule has 3 aromatic rings. The van der Waals surface area contributed by atoms with Gasteiger partial charge < -0.3 is 9.15 Å². The molecule has 1 aliphatic heterocycles. The summed E-state index contributed by atoms with van der Waals surface area (Å²) >= 11 is 0. The molecule has 4 nitrogen and oxygen atoms in total. The molecule has 0 unspecified atom stereocenters. The first-order valence-electron chi connectivity index (χ1n) is 8.58. The molecule has 0 saturated carbocycles. The van der Waals surface area contributed by atoms with Gasteiger partial charge in [-0.05, 0) is 44.0 Å². The van der Waals surface area contributed by atoms with E-state index < -0.39 is 0 Å². The van der Waals surface area contributed by atoms with Crippen LogP contribution in [0.2, 0.25) is 0 Å². The van der Waals surface area contributed by atoms with E-state index in [4.69, 9.17) is 9.15 Å². The van der Waals surface area contributed by atoms with Gasteiger partial charge in [-0.3, -0.25) is 4.90 Å². The third-order valence-corrected chi connectivity index (χ3v) is 4.94. The average molecular weight is 335 g/mol. The maximum atomic E-state index is 12.7. The fourth-order valence-corrected chi connectivity index (χ4v) is 3.41. The van der Waals surface area contributed by atoms with E-state index in [9.17, 15) is 4.79 Å². The second-order valence-corrected chi connectivity index (χ2v) is 6.79. The van der Waals surface area contributed by atoms with Gasteiger partial charge in [0.05, 0.1) is 11.1 Å². The van der Waals surface area contributed by atoms with Crippen LogP contribution in [0.25, 0.3) is 22.1 Å². The van der Waals surface area contributed by atoms with Crippen LogP contribution in [0.15, 0.2) is 51.7 Å². The normalized spacial score (nSPS) is 14.6. The van der Waals surface area contributed by atoms with Gasteiger partial charge in [0.1, 0.15) is 18.1 Å². The number of aryl methyl sites for hydroxylation is 1. The molecule has 1 aromatic heterocycles. The SMILES string of the molecule is Cc1c(-c2ccccc2)c(=O)oc2c3c(ccc12)OCN(C(C)C)C3. The van der Waals surface area contributed by atoms with Crippen molar-refractivity contribution in [1.82, 2.24) is 4.90 Å². The van der Waals surface area contributed by atoms with Crippen LogP contribution in [0.3, 0.4) is 0 Å². The molecule has 0 aliphatic carbocycles. The van der Waals surface area contributed by atoms with Crippen molar-refractivity contribution in [3.8, 4) is 16.9 Å². The highest BCUT2D eigenvalue weighted by Gasteiger charge is 2.24. The number of nitrogens with zero attached hydrogens (tertiary/aromatic N) is 1. The number of ether oxygens (including phenoxy) is 1. The molecule has 4 rings (SSSR count). The Labute approximate surface area is 146 Å². The van der Waals surface area contributed by atoms with E-state index in [2.05, 4.69) is 18.7 Å². The van der Waals surface area contributed by atoms with E-state index in [1.54, 1.807) is 0 Å². The minimum absolute atomic E-state index is 0.300. The second-order valence-electron chi connectivity index (χ2n) is 6.79. The summed E-state index contributed by atoms with van der Waals surface area (Å²) in [5.41, 5.74) is 3.76. The monoisotopic (exact) mass is 335 g/mol. The van der Waals surface area contributed by atoms with E-state index in [1.165, 1.54) is 0 Å². The van der Waals surface area contributed by atoms with Crippen LogP contribution in [-0.2, 0) is 6.54 Å². The number of benzene rings is 2. The molecule has 1 aliphatic rings. The number of fused-ring (bicyclic) bond motifs is 3. The van der Waals surface area contributed by atoms with E-state index >= 15 is 0 Å². The van der Waals surface area contributed by atoms with Gasteiger partial charge >= 0.3 is 5.63 Å². The zero-order chi connectivity index (χ0) is 17.6. The zero-order valence-corrected chi connectivity index (χ0v) is 14.7. The maximum Gasteiger partial charge on any atom is 0.344 e. The smallest absolute Gasteiger partial charge is 0.344 e. The molecule has 25 heavy (non-hydrogen) atoms. The van der Waals surface area contributed by atoms with Crippen molar-refractivity contribution in [2.24, 2.45) is 0 Å². The Morgan fingerprint density at radius 1 is 1.08 bits per heavy atom. The van der Waals surface area contributed by atoms with Crippen LogP contribution >= 0.6 is 0 Å². The predicted molar refractivity (Wildman–Crippen MR) is 98.8 cm³/mol. The first kappa shape index (κ1) is 15.9. The summed E-state index contributed by atoms with van der Waals surface area (Å²) in [6.45, 7) is 7.53. The summed E-state index contributed by atoms with van der Waals surface area (Å²) in [6.07, 6.45) is 0. The summed E-state index contributed by atoms with van der Waals surface area (Å²) in [7, 11) is 0. The molecule has 4 heteroatoms. The van der Waals surface area contributed by atoms with Crippen LogP contribution in [0.1, 0.15) is 25.0 Å². The largest absolute Gasteiger partial charge is 0.478 e. The van der Waals surface area contributed by atoms with Crippen molar-refractivity contribution in [2.75, 3.05) is 6.73 Å². The van der Waals surface area contributed by atoms with Gasteiger partial charge in [-0.25, -0.2) is 4.79 Å². The van der Waals surface area contributed by atoms with Crippen LogP contribution < -0.4 is 10.4 Å². The van der Waals surface area contributed by atoms with Gasteiger partial charge in [-0.1, -0.05) is 30.3 Å². The van der Waals surface area contributed by atoms with Gasteiger partial charge in [0.25, 0.3) is 0 Å². The fourth-order valence-electron chi connectivity index (χ4n) is 3.41. The van der Waals surface area contributed by atoms with E-state index in [0.717, 1.165) is 34.4 Å². The van der Waals surface area contributed by atoms with E-state index in [-0.39, 0.29) is 5.63 Å². The highest BCUT2D eigenvalue weighted by molar-refractivity contribution is 5.90. The molecule has 0 N–H and O–H groups in total. The quantitative estimate of drug-likeness (QED) is 0.654. The Morgan fingerprint density at radius 3 is 2.56 bits per heavy atom. The van der Waals surface area contributed by atoms with Crippen LogP contribution in [0.5, 0.6) is 5.75 Å². The minimum Gasteiger partial charge on any atom is -0.478 e. The van der Waals surface area contributed by atoms with Gasteiger partial charge in [0.2, 0.25) is 0 Å². The second kappa shape index (κ2) is 6.05. The highest BCUT2D eigenvalue weighted by Crippen LogP contribution is 2.35. The number of hydrogen-bond acceptors (Lipinski definition) is 4. The maximum absolute atomic E-state index is 12.7. The number of hydrogen-bond donors (Lipinski definition) is 0. The molecule has 0 radical (unpaired) electrons. The molecule has 0 spiro atoms. The molecule has 0 amide bonds. The van der Waals surface area contributed by atoms with Crippen molar-refractivity contribution < 1.29 is 9.15 Å². The molecular weight excluding hydrogens is 314 g/mol. The summed E-state index contributed by atoms with van der Waals surface area (Å²) in [5, 5.41) is 0.964. The standard InChI is InChI=1S/C21H21NO3/c1-13(2)22-11-17-18(24-12-22)10-9-16-14(3)19(21(23)25-20(16)17)15-7-5-4-6-8-15/h4-10,13H,11-12H2,1-3H3. The predicted octanol–water partition coefficient (Wildman–Crippen LogP) is 4.33. The molecule has 0 atom stereocenters. The lowest BCUT2D eigenvalue weighted by Crippen LogP contribution is -2.37. The Bertz CT molecular complexity index is 989. The van der Waals surface area contributed by atoms with Gasteiger partial charge in [-0.15, -0.1) is 0 Å². The first-order chi connectivity index (χ1) is 12.1. The van der Waals surface area contributed by atoms with Gasteiger partial charge in [0.15, 0.2) is 0 Å². The summed E-state index contributed by atoms with van der Waals surface area (Å²) < 4.78 is 11.7. The lowest BCUT2D eigenvalue weighted by atomic mass is 9.97. The van der Waals surface area contributed by atoms with Crippen molar-refractivity contribution in [2.45, 2.75) is 33.4 Å². The minimum atomic E-state index is -0.300. The molecule has 0 saturated heterocycles. The Kier molecular flexibility index (Phi) is 3.85. The Morgan fingerprint density at radius 2 is 1.84 bits per heavy atom. The topological polar surface area (TPSA) is 42.7 Å². The van der Waals surface area contributed by atoms with Crippen molar-refractivity contribution in [3.05, 3.63) is 64.0 Å². The third-order valence-electron chi connectivity index (χ3n) is 4.94. The molecular formula is C21H21NO3. The van der Waals surface area contributed by atoms with Crippen LogP contribution in [0, 0.1) is 6.92 Å². The first-order valence-corrected chi connectivity index (χ1v) is 8.58. The third kappa shape index (κ3) is 2.63. The molecule has 2 heterocycles. The Hall–Kier alpha value is -2.59. The van der Waals surface area contributed by atoms with Crippen LogP contribution in [0.4, 0.5) is 0 Å². The number of rotatable bonds is 2. The van der Waals surface area contributed by atoms with Crippen molar-refractivity contribution in [1.29, 1.82) is 0 Å². The Balaban J connectivity index is 1.95. The van der Waals surface area contributed by atoms with Crippen LogP contribution in [-0.4, -0.2) is 17.7 Å². The molecule has 128 valence electrons. The average Bonchev–Trinajstić information content (AvgIpc) is 2.62. The summed E-state index contributed by atoms with van der Waals surface area (Å²) in [5.74, 6) is 0.805. The zero-order valence-electron chi connectivity index (χ0n) is 14.7. The highest BCUT2D eigenvalue weighted by atomic mass is 16.5. The van der Waals surface area contributed by atoms with Gasteiger partial charge in [-0.2, -0.15) is 0 Å².